The molecular formula is C21H24N4O. The summed E-state index contributed by atoms with van der Waals surface area (Å²) in [6, 6.07) is 16.1. The minimum atomic E-state index is 0.107. The van der Waals surface area contributed by atoms with Gasteiger partial charge in [0.15, 0.2) is 0 Å². The van der Waals surface area contributed by atoms with Gasteiger partial charge < -0.3 is 4.90 Å². The van der Waals surface area contributed by atoms with Gasteiger partial charge in [0, 0.05) is 24.6 Å². The van der Waals surface area contributed by atoms with Gasteiger partial charge in [0.05, 0.1) is 17.9 Å². The number of hydrogen-bond donors (Lipinski definition) is 0. The van der Waals surface area contributed by atoms with E-state index in [0.717, 1.165) is 33.8 Å². The molecule has 1 aromatic heterocycles. The maximum absolute atomic E-state index is 12.6. The minimum Gasteiger partial charge on any atom is -0.307 e. The highest BCUT2D eigenvalue weighted by atomic mass is 16.2. The van der Waals surface area contributed by atoms with Crippen molar-refractivity contribution in [1.29, 1.82) is 0 Å². The van der Waals surface area contributed by atoms with Crippen LogP contribution < -0.4 is 4.90 Å². The number of benzene rings is 2. The van der Waals surface area contributed by atoms with Crippen molar-refractivity contribution in [3.8, 4) is 22.5 Å². The Labute approximate surface area is 154 Å². The molecule has 2 aromatic carbocycles. The summed E-state index contributed by atoms with van der Waals surface area (Å²) in [7, 11) is 1.89. The van der Waals surface area contributed by atoms with Crippen LogP contribution in [-0.2, 0) is 18.4 Å². The van der Waals surface area contributed by atoms with E-state index in [9.17, 15) is 4.79 Å². The molecule has 1 amide bonds. The number of rotatable bonds is 1. The lowest BCUT2D eigenvalue weighted by Crippen LogP contribution is -2.31. The number of carbonyl (C=O) groups is 1. The van der Waals surface area contributed by atoms with Crippen molar-refractivity contribution in [2.45, 2.75) is 33.7 Å². The monoisotopic (exact) mass is 348 g/mol. The summed E-state index contributed by atoms with van der Waals surface area (Å²) in [5.41, 5.74) is 5.80. The van der Waals surface area contributed by atoms with Gasteiger partial charge in [-0.2, -0.15) is 0 Å². The molecule has 0 spiro atoms. The third-order valence-corrected chi connectivity index (χ3v) is 4.48. The largest absolute Gasteiger partial charge is 0.307 e. The van der Waals surface area contributed by atoms with Crippen LogP contribution in [0.25, 0.3) is 22.5 Å². The molecule has 0 atom stereocenters. The Hall–Kier alpha value is -2.95. The number of hydrogen-bond acceptors (Lipinski definition) is 3. The average molecular weight is 348 g/mol. The van der Waals surface area contributed by atoms with Gasteiger partial charge in [-0.3, -0.25) is 4.79 Å². The third-order valence-electron chi connectivity index (χ3n) is 4.48. The second-order valence-electron chi connectivity index (χ2n) is 5.92. The molecule has 1 aliphatic rings. The summed E-state index contributed by atoms with van der Waals surface area (Å²) in [5, 5.41) is 8.63. The Morgan fingerprint density at radius 3 is 2.42 bits per heavy atom. The molecule has 5 nitrogen and oxygen atoms in total. The first-order valence-electron chi connectivity index (χ1n) is 9.08. The first kappa shape index (κ1) is 17.9. The van der Waals surface area contributed by atoms with E-state index in [-0.39, 0.29) is 5.91 Å². The molecule has 0 saturated heterocycles. The van der Waals surface area contributed by atoms with Gasteiger partial charge in [-0.25, -0.2) is 4.68 Å². The molecule has 0 unspecified atom stereocenters. The molecule has 0 radical (unpaired) electrons. The van der Waals surface area contributed by atoms with Crippen molar-refractivity contribution >= 4 is 11.6 Å². The van der Waals surface area contributed by atoms with Gasteiger partial charge in [0.2, 0.25) is 5.91 Å². The number of para-hydroxylation sites is 1. The lowest BCUT2D eigenvalue weighted by Gasteiger charge is -2.28. The van der Waals surface area contributed by atoms with Crippen molar-refractivity contribution in [1.82, 2.24) is 15.0 Å². The van der Waals surface area contributed by atoms with E-state index in [0.29, 0.717) is 13.0 Å². The van der Waals surface area contributed by atoms with Crippen molar-refractivity contribution in [2.75, 3.05) is 4.90 Å². The molecule has 4 rings (SSSR count). The van der Waals surface area contributed by atoms with E-state index in [2.05, 4.69) is 16.4 Å². The minimum absolute atomic E-state index is 0.107. The summed E-state index contributed by atoms with van der Waals surface area (Å²) in [6.45, 7) is 6.43. The first-order chi connectivity index (χ1) is 12.7. The zero-order valence-electron chi connectivity index (χ0n) is 15.7. The standard InChI is InChI=1S/C19H18N4O.C2H6/c1-3-17(24)23-12-13-8-4-5-9-14(13)18-19(22(2)21-20-18)15-10-6-7-11-16(15)23;1-2/h4-11H,3,12H2,1-2H3;1-2H3. The second-order valence-corrected chi connectivity index (χ2v) is 5.92. The molecule has 3 aromatic rings. The predicted molar refractivity (Wildman–Crippen MR) is 105 cm³/mol. The zero-order chi connectivity index (χ0) is 18.7. The van der Waals surface area contributed by atoms with Crippen molar-refractivity contribution < 1.29 is 4.79 Å². The van der Waals surface area contributed by atoms with Crippen LogP contribution in [0.15, 0.2) is 48.5 Å². The average Bonchev–Trinajstić information content (AvgIpc) is 3.07. The Kier molecular flexibility index (Phi) is 5.16. The van der Waals surface area contributed by atoms with Gasteiger partial charge >= 0.3 is 0 Å². The van der Waals surface area contributed by atoms with Gasteiger partial charge in [-0.05, 0) is 11.6 Å². The normalized spacial score (nSPS) is 11.9. The number of amides is 1. The van der Waals surface area contributed by atoms with Crippen LogP contribution >= 0.6 is 0 Å². The number of aromatic nitrogens is 3. The van der Waals surface area contributed by atoms with E-state index in [1.807, 2.05) is 75.2 Å². The molecule has 0 N–H and O–H groups in total. The Morgan fingerprint density at radius 2 is 1.69 bits per heavy atom. The fourth-order valence-corrected chi connectivity index (χ4v) is 3.31. The van der Waals surface area contributed by atoms with E-state index in [1.165, 1.54) is 0 Å². The van der Waals surface area contributed by atoms with Crippen molar-refractivity contribution in [3.05, 3.63) is 54.1 Å². The molecule has 0 aliphatic carbocycles. The summed E-state index contributed by atoms with van der Waals surface area (Å²) in [4.78, 5) is 14.5. The van der Waals surface area contributed by atoms with E-state index in [1.54, 1.807) is 4.68 Å². The molecule has 0 saturated carbocycles. The predicted octanol–water partition coefficient (Wildman–Crippen LogP) is 4.43. The van der Waals surface area contributed by atoms with Crippen LogP contribution in [0.4, 0.5) is 5.69 Å². The molecule has 134 valence electrons. The second kappa shape index (κ2) is 7.52. The summed E-state index contributed by atoms with van der Waals surface area (Å²) in [6.07, 6.45) is 0.465. The number of nitrogens with zero attached hydrogens (tertiary/aromatic N) is 4. The molecule has 2 heterocycles. The molecule has 5 heteroatoms. The van der Waals surface area contributed by atoms with Crippen LogP contribution in [0.1, 0.15) is 32.8 Å². The number of aryl methyl sites for hydroxylation is 1. The fourth-order valence-electron chi connectivity index (χ4n) is 3.31. The quantitative estimate of drug-likeness (QED) is 0.653. The van der Waals surface area contributed by atoms with E-state index >= 15 is 0 Å². The lowest BCUT2D eigenvalue weighted by atomic mass is 9.95. The maximum atomic E-state index is 12.6. The van der Waals surface area contributed by atoms with Crippen LogP contribution in [0, 0.1) is 0 Å². The lowest BCUT2D eigenvalue weighted by molar-refractivity contribution is -0.118. The fraction of sp³-hybridized carbons (Fsp3) is 0.286. The molecule has 0 fully saturated rings. The van der Waals surface area contributed by atoms with Crippen LogP contribution in [0.5, 0.6) is 0 Å². The Bertz CT molecular complexity index is 929. The smallest absolute Gasteiger partial charge is 0.227 e. The topological polar surface area (TPSA) is 51.0 Å². The molecule has 26 heavy (non-hydrogen) atoms. The van der Waals surface area contributed by atoms with Crippen LogP contribution in [-0.4, -0.2) is 20.9 Å². The molecule has 1 aliphatic heterocycles. The van der Waals surface area contributed by atoms with Gasteiger partial charge in [0.25, 0.3) is 0 Å². The molecular weight excluding hydrogens is 324 g/mol. The number of anilines is 1. The number of fused-ring (bicyclic) bond motifs is 5. The van der Waals surface area contributed by atoms with Gasteiger partial charge in [0.1, 0.15) is 5.69 Å². The highest BCUT2D eigenvalue weighted by molar-refractivity contribution is 6.00. The SMILES string of the molecule is CC.CCC(=O)N1Cc2ccccc2-c2nnn(C)c2-c2ccccc21. The van der Waals surface area contributed by atoms with Crippen LogP contribution in [0.3, 0.4) is 0 Å². The Morgan fingerprint density at radius 1 is 1.04 bits per heavy atom. The van der Waals surface area contributed by atoms with E-state index < -0.39 is 0 Å². The summed E-state index contributed by atoms with van der Waals surface area (Å²) < 4.78 is 1.78. The van der Waals surface area contributed by atoms with Crippen molar-refractivity contribution in [2.24, 2.45) is 7.05 Å². The maximum Gasteiger partial charge on any atom is 0.227 e. The Balaban J connectivity index is 0.000000948. The summed E-state index contributed by atoms with van der Waals surface area (Å²) >= 11 is 0. The first-order valence-corrected chi connectivity index (χ1v) is 9.08. The van der Waals surface area contributed by atoms with Gasteiger partial charge in [-0.15, -0.1) is 5.10 Å². The zero-order valence-corrected chi connectivity index (χ0v) is 15.7. The van der Waals surface area contributed by atoms with Gasteiger partial charge in [-0.1, -0.05) is 68.4 Å². The molecule has 0 bridgehead atoms. The number of carbonyl (C=O) groups excluding carboxylic acids is 1. The van der Waals surface area contributed by atoms with Crippen molar-refractivity contribution in [3.63, 3.8) is 0 Å². The van der Waals surface area contributed by atoms with Crippen LogP contribution in [0.2, 0.25) is 0 Å². The summed E-state index contributed by atoms with van der Waals surface area (Å²) in [5.74, 6) is 0.107. The highest BCUT2D eigenvalue weighted by Gasteiger charge is 2.27. The van der Waals surface area contributed by atoms with E-state index in [4.69, 9.17) is 0 Å². The third kappa shape index (κ3) is 2.90. The highest BCUT2D eigenvalue weighted by Crippen LogP contribution is 2.40.